The van der Waals surface area contributed by atoms with Crippen molar-refractivity contribution in [3.8, 4) is 11.5 Å². The zero-order valence-corrected chi connectivity index (χ0v) is 17.5. The summed E-state index contributed by atoms with van der Waals surface area (Å²) in [6.45, 7) is 2.95. The van der Waals surface area contributed by atoms with Crippen molar-refractivity contribution in [2.75, 3.05) is 19.6 Å². The molecule has 0 aliphatic rings. The summed E-state index contributed by atoms with van der Waals surface area (Å²) in [4.78, 5) is -0.630. The molecule has 0 aromatic heterocycles. The molecule has 0 spiro atoms. The highest BCUT2D eigenvalue weighted by molar-refractivity contribution is 7.86. The van der Waals surface area contributed by atoms with Gasteiger partial charge < -0.3 is 9.47 Å². The Bertz CT molecular complexity index is 1180. The molecule has 158 valence electrons. The highest BCUT2D eigenvalue weighted by atomic mass is 32.2. The zero-order chi connectivity index (χ0) is 22.0. The Hall–Kier alpha value is -2.74. The van der Waals surface area contributed by atoms with Gasteiger partial charge in [-0.25, -0.2) is 0 Å². The van der Waals surface area contributed by atoms with Gasteiger partial charge in [-0.05, 0) is 37.1 Å². The van der Waals surface area contributed by atoms with Gasteiger partial charge in [-0.3, -0.25) is 14.5 Å². The molecule has 0 aliphatic carbocycles. The Balaban J connectivity index is 2.40. The third-order valence-electron chi connectivity index (χ3n) is 3.86. The van der Waals surface area contributed by atoms with Gasteiger partial charge in [0.15, 0.2) is 0 Å². The number of hydrogen-bond acceptors (Lipinski definition) is 8. The van der Waals surface area contributed by atoms with Crippen LogP contribution in [0.4, 0.5) is 11.4 Å². The minimum absolute atomic E-state index is 0.0543. The summed E-state index contributed by atoms with van der Waals surface area (Å²) >= 11 is 0. The lowest BCUT2D eigenvalue weighted by Gasteiger charge is -2.11. The zero-order valence-electron chi connectivity index (χ0n) is 15.9. The topological polar surface area (TPSA) is 164 Å². The van der Waals surface area contributed by atoms with Crippen LogP contribution in [0.5, 0.6) is 11.5 Å². The number of anilines is 1. The van der Waals surface area contributed by atoms with Crippen LogP contribution in [0.1, 0.15) is 11.1 Å². The maximum Gasteiger partial charge on any atom is 0.294 e. The van der Waals surface area contributed by atoms with Crippen molar-refractivity contribution in [1.82, 2.24) is 0 Å². The molecule has 0 heterocycles. The summed E-state index contributed by atoms with van der Waals surface area (Å²) in [5.41, 5.74) is 3.50. The monoisotopic (exact) mass is 445 g/mol. The lowest BCUT2D eigenvalue weighted by Crippen LogP contribution is -2.03. The van der Waals surface area contributed by atoms with Gasteiger partial charge in [-0.2, -0.15) is 16.8 Å². The number of ether oxygens (including phenoxy) is 2. The SMILES string of the molecule is COc1cc(S(=O)(=O)O)c(C)cc1N=NNc1cc(C)c(S(=O)(=O)O)cc1OC. The molecule has 3 N–H and O–H groups in total. The van der Waals surface area contributed by atoms with Gasteiger partial charge in [-0.1, -0.05) is 5.22 Å². The lowest BCUT2D eigenvalue weighted by atomic mass is 10.2. The van der Waals surface area contributed by atoms with Crippen molar-refractivity contribution in [3.63, 3.8) is 0 Å². The Labute approximate surface area is 167 Å². The minimum atomic E-state index is -4.43. The van der Waals surface area contributed by atoms with Gasteiger partial charge in [-0.15, -0.1) is 5.11 Å². The van der Waals surface area contributed by atoms with Crippen LogP contribution in [0.3, 0.4) is 0 Å². The highest BCUT2D eigenvalue weighted by Crippen LogP contribution is 2.34. The van der Waals surface area contributed by atoms with Crippen LogP contribution in [0.25, 0.3) is 0 Å². The van der Waals surface area contributed by atoms with Crippen molar-refractivity contribution < 1.29 is 35.4 Å². The van der Waals surface area contributed by atoms with Gasteiger partial charge >= 0.3 is 0 Å². The highest BCUT2D eigenvalue weighted by Gasteiger charge is 2.18. The molecule has 2 rings (SSSR count). The van der Waals surface area contributed by atoms with Crippen molar-refractivity contribution >= 4 is 31.6 Å². The smallest absolute Gasteiger partial charge is 0.294 e. The molecule has 29 heavy (non-hydrogen) atoms. The molecule has 0 fully saturated rings. The molecule has 0 bridgehead atoms. The first-order chi connectivity index (χ1) is 13.4. The lowest BCUT2D eigenvalue weighted by molar-refractivity contribution is 0.413. The van der Waals surface area contributed by atoms with Gasteiger partial charge in [0.05, 0.1) is 14.2 Å². The third kappa shape index (κ3) is 5.20. The fourth-order valence-electron chi connectivity index (χ4n) is 2.51. The Morgan fingerprint density at radius 2 is 1.31 bits per heavy atom. The maximum atomic E-state index is 11.4. The van der Waals surface area contributed by atoms with Crippen molar-refractivity contribution in [1.29, 1.82) is 0 Å². The van der Waals surface area contributed by atoms with Gasteiger partial charge in [0.1, 0.15) is 32.7 Å². The van der Waals surface area contributed by atoms with E-state index in [0.717, 1.165) is 12.1 Å². The van der Waals surface area contributed by atoms with E-state index in [1.165, 1.54) is 40.2 Å². The van der Waals surface area contributed by atoms with Crippen LogP contribution in [0, 0.1) is 13.8 Å². The van der Waals surface area contributed by atoms with E-state index in [4.69, 9.17) is 9.47 Å². The van der Waals surface area contributed by atoms with Crippen LogP contribution in [0.15, 0.2) is 44.4 Å². The fourth-order valence-corrected chi connectivity index (χ4v) is 3.95. The van der Waals surface area contributed by atoms with E-state index in [2.05, 4.69) is 15.8 Å². The summed E-state index contributed by atoms with van der Waals surface area (Å²) in [7, 11) is -6.25. The van der Waals surface area contributed by atoms with E-state index in [9.17, 15) is 25.9 Å². The first-order valence-electron chi connectivity index (χ1n) is 7.87. The molecule has 0 saturated heterocycles. The van der Waals surface area contributed by atoms with E-state index >= 15 is 0 Å². The molecular weight excluding hydrogens is 426 g/mol. The summed E-state index contributed by atoms with van der Waals surface area (Å²) in [5.74, 6) is 0.144. The Morgan fingerprint density at radius 3 is 1.79 bits per heavy atom. The number of benzene rings is 2. The number of aryl methyl sites for hydroxylation is 2. The number of hydrogen-bond donors (Lipinski definition) is 3. The van der Waals surface area contributed by atoms with Crippen LogP contribution < -0.4 is 14.9 Å². The molecule has 13 heteroatoms. The second-order valence-corrected chi connectivity index (χ2v) is 8.65. The van der Waals surface area contributed by atoms with E-state index in [-0.39, 0.29) is 43.8 Å². The summed E-state index contributed by atoms with van der Waals surface area (Å²) in [5, 5.41) is 7.71. The number of methoxy groups -OCH3 is 2. The average molecular weight is 445 g/mol. The predicted octanol–water partition coefficient (Wildman–Crippen LogP) is 2.92. The minimum Gasteiger partial charge on any atom is -0.494 e. The standard InChI is InChI=1S/C16H19N3O8S2/c1-9-5-11(13(26-3)7-15(9)28(20,21)22)17-19-18-12-6-10(2)16(29(23,24)25)8-14(12)27-4/h5-8H,1-4H3,(H,17,18)(H,20,21,22)(H,23,24,25). The second-order valence-electron chi connectivity index (χ2n) is 5.87. The summed E-state index contributed by atoms with van der Waals surface area (Å²) < 4.78 is 74.2. The van der Waals surface area contributed by atoms with E-state index in [1.807, 2.05) is 0 Å². The quantitative estimate of drug-likeness (QED) is 0.330. The van der Waals surface area contributed by atoms with Crippen molar-refractivity contribution in [2.24, 2.45) is 10.3 Å². The first-order valence-corrected chi connectivity index (χ1v) is 10.8. The van der Waals surface area contributed by atoms with Crippen LogP contribution in [0.2, 0.25) is 0 Å². The molecule has 0 aliphatic heterocycles. The van der Waals surface area contributed by atoms with Crippen LogP contribution in [-0.4, -0.2) is 40.2 Å². The Kier molecular flexibility index (Phi) is 6.47. The fraction of sp³-hybridized carbons (Fsp3) is 0.250. The first kappa shape index (κ1) is 22.5. The third-order valence-corrected chi connectivity index (χ3v) is 5.85. The van der Waals surface area contributed by atoms with Crippen LogP contribution in [-0.2, 0) is 20.2 Å². The van der Waals surface area contributed by atoms with Gasteiger partial charge in [0.25, 0.3) is 20.2 Å². The predicted molar refractivity (Wildman–Crippen MR) is 103 cm³/mol. The van der Waals surface area contributed by atoms with Gasteiger partial charge in [0, 0.05) is 12.1 Å². The molecule has 11 nitrogen and oxygen atoms in total. The molecule has 0 unspecified atom stereocenters. The van der Waals surface area contributed by atoms with Crippen LogP contribution >= 0.6 is 0 Å². The molecule has 0 amide bonds. The molecule has 0 radical (unpaired) electrons. The molecule has 0 atom stereocenters. The van der Waals surface area contributed by atoms with E-state index in [1.54, 1.807) is 0 Å². The van der Waals surface area contributed by atoms with Crippen molar-refractivity contribution in [3.05, 3.63) is 35.4 Å². The number of nitrogens with zero attached hydrogens (tertiary/aromatic N) is 2. The van der Waals surface area contributed by atoms with Crippen molar-refractivity contribution in [2.45, 2.75) is 23.6 Å². The number of rotatable bonds is 7. The van der Waals surface area contributed by atoms with Gasteiger partial charge in [0.2, 0.25) is 0 Å². The summed E-state index contributed by atoms with van der Waals surface area (Å²) in [6.07, 6.45) is 0. The van der Waals surface area contributed by atoms with E-state index in [0.29, 0.717) is 0 Å². The largest absolute Gasteiger partial charge is 0.494 e. The molecular formula is C16H19N3O8S2. The normalized spacial score (nSPS) is 12.2. The van der Waals surface area contributed by atoms with E-state index < -0.39 is 20.2 Å². The number of nitrogens with one attached hydrogen (secondary N) is 1. The average Bonchev–Trinajstić information content (AvgIpc) is 2.60. The molecule has 2 aromatic rings. The second kappa shape index (κ2) is 8.32. The summed E-state index contributed by atoms with van der Waals surface area (Å²) in [6, 6.07) is 5.00. The maximum absolute atomic E-state index is 11.4. The molecule has 0 saturated carbocycles. The molecule has 2 aromatic carbocycles. The Morgan fingerprint density at radius 1 is 0.828 bits per heavy atom.